The molecule has 0 saturated carbocycles. The minimum Gasteiger partial charge on any atom is -0.456 e. The van der Waals surface area contributed by atoms with Crippen molar-refractivity contribution in [1.29, 1.82) is 0 Å². The number of ether oxygens (including phenoxy) is 3. The SMILES string of the molecule is CCCC(C)(C)OC(=O)c1cc(NC(=O)OC(C)(C)C)cc(C(=O)OC(C)(C)CC)c1. The molecule has 7 nitrogen and oxygen atoms in total. The average Bonchev–Trinajstić information content (AvgIpc) is 2.58. The molecule has 7 heteroatoms. The molecule has 0 radical (unpaired) electrons. The molecule has 0 heterocycles. The van der Waals surface area contributed by atoms with E-state index in [0.717, 1.165) is 6.42 Å². The summed E-state index contributed by atoms with van der Waals surface area (Å²) in [5, 5.41) is 2.58. The van der Waals surface area contributed by atoms with Crippen molar-refractivity contribution in [3.63, 3.8) is 0 Å². The van der Waals surface area contributed by atoms with Gasteiger partial charge in [0, 0.05) is 5.69 Å². The third-order valence-electron chi connectivity index (χ3n) is 4.49. The lowest BCUT2D eigenvalue weighted by molar-refractivity contribution is -0.00475. The number of nitrogens with one attached hydrogen (secondary N) is 1. The van der Waals surface area contributed by atoms with Gasteiger partial charge in [-0.25, -0.2) is 14.4 Å². The monoisotopic (exact) mass is 435 g/mol. The van der Waals surface area contributed by atoms with E-state index in [1.54, 1.807) is 34.6 Å². The third-order valence-corrected chi connectivity index (χ3v) is 4.49. The molecule has 0 saturated heterocycles. The summed E-state index contributed by atoms with van der Waals surface area (Å²) in [6.45, 7) is 16.4. The molecule has 0 fully saturated rings. The van der Waals surface area contributed by atoms with E-state index < -0.39 is 34.8 Å². The largest absolute Gasteiger partial charge is 0.456 e. The van der Waals surface area contributed by atoms with Crippen LogP contribution in [-0.4, -0.2) is 34.8 Å². The maximum absolute atomic E-state index is 12.8. The number of benzene rings is 1. The van der Waals surface area contributed by atoms with Crippen LogP contribution >= 0.6 is 0 Å². The first kappa shape index (κ1) is 26.5. The topological polar surface area (TPSA) is 90.9 Å². The molecule has 0 atom stereocenters. The van der Waals surface area contributed by atoms with Gasteiger partial charge in [0.2, 0.25) is 0 Å². The molecule has 0 aliphatic rings. The van der Waals surface area contributed by atoms with Gasteiger partial charge >= 0.3 is 18.0 Å². The average molecular weight is 436 g/mol. The molecular formula is C24H37NO6. The first-order valence-electron chi connectivity index (χ1n) is 10.7. The Balaban J connectivity index is 3.28. The van der Waals surface area contributed by atoms with Crippen LogP contribution in [0.2, 0.25) is 0 Å². The number of anilines is 1. The summed E-state index contributed by atoms with van der Waals surface area (Å²) < 4.78 is 16.5. The normalized spacial score (nSPS) is 12.2. The van der Waals surface area contributed by atoms with Crippen LogP contribution in [0.1, 0.15) is 102 Å². The summed E-state index contributed by atoms with van der Waals surface area (Å²) in [4.78, 5) is 37.7. The zero-order valence-electron chi connectivity index (χ0n) is 20.3. The molecule has 31 heavy (non-hydrogen) atoms. The van der Waals surface area contributed by atoms with E-state index in [0.29, 0.717) is 12.8 Å². The summed E-state index contributed by atoms with van der Waals surface area (Å²) in [6, 6.07) is 4.32. The Hall–Kier alpha value is -2.57. The van der Waals surface area contributed by atoms with Crippen molar-refractivity contribution in [2.75, 3.05) is 5.32 Å². The summed E-state index contributed by atoms with van der Waals surface area (Å²) >= 11 is 0. The van der Waals surface area contributed by atoms with Gasteiger partial charge in [-0.3, -0.25) is 5.32 Å². The molecule has 174 valence electrons. The van der Waals surface area contributed by atoms with Crippen LogP contribution in [0.5, 0.6) is 0 Å². The minimum atomic E-state index is -0.697. The van der Waals surface area contributed by atoms with E-state index in [9.17, 15) is 14.4 Å². The lowest BCUT2D eigenvalue weighted by Gasteiger charge is -2.25. The molecule has 0 unspecified atom stereocenters. The van der Waals surface area contributed by atoms with Gasteiger partial charge in [-0.15, -0.1) is 0 Å². The van der Waals surface area contributed by atoms with Crippen LogP contribution in [0.3, 0.4) is 0 Å². The Labute approximate surface area is 185 Å². The highest BCUT2D eigenvalue weighted by atomic mass is 16.6. The van der Waals surface area contributed by atoms with Crippen molar-refractivity contribution in [2.45, 2.75) is 98.4 Å². The van der Waals surface area contributed by atoms with Crippen molar-refractivity contribution in [2.24, 2.45) is 0 Å². The quantitative estimate of drug-likeness (QED) is 0.391. The Morgan fingerprint density at radius 2 is 1.26 bits per heavy atom. The third kappa shape index (κ3) is 9.40. The summed E-state index contributed by atoms with van der Waals surface area (Å²) in [5.41, 5.74) is -1.52. The van der Waals surface area contributed by atoms with Gasteiger partial charge in [-0.05, 0) is 79.5 Å². The number of rotatable bonds is 8. The van der Waals surface area contributed by atoms with Crippen molar-refractivity contribution >= 4 is 23.7 Å². The van der Waals surface area contributed by atoms with Gasteiger partial charge in [0.1, 0.15) is 16.8 Å². The van der Waals surface area contributed by atoms with Gasteiger partial charge in [-0.2, -0.15) is 0 Å². The maximum Gasteiger partial charge on any atom is 0.412 e. The highest BCUT2D eigenvalue weighted by Crippen LogP contribution is 2.24. The summed E-state index contributed by atoms with van der Waals surface area (Å²) in [5.74, 6) is -1.18. The number of esters is 2. The van der Waals surface area contributed by atoms with Gasteiger partial charge in [0.05, 0.1) is 11.1 Å². The molecule has 1 rings (SSSR count). The van der Waals surface area contributed by atoms with Crippen LogP contribution in [0.25, 0.3) is 0 Å². The second-order valence-corrected chi connectivity index (χ2v) is 9.83. The summed E-state index contributed by atoms with van der Waals surface area (Å²) in [7, 11) is 0. The Bertz CT molecular complexity index is 805. The van der Waals surface area contributed by atoms with E-state index in [2.05, 4.69) is 5.32 Å². The predicted octanol–water partition coefficient (Wildman–Crippen LogP) is 6.11. The first-order chi connectivity index (χ1) is 14.1. The number of hydrogen-bond acceptors (Lipinski definition) is 6. The standard InChI is InChI=1S/C24H37NO6/c1-10-12-24(8,9)30-20(27)17-13-16(19(26)29-23(6,7)11-2)14-18(15-17)25-21(28)31-22(3,4)5/h13-15H,10-12H2,1-9H3,(H,25,28). The summed E-state index contributed by atoms with van der Waals surface area (Å²) in [6.07, 6.45) is 1.46. The first-order valence-corrected chi connectivity index (χ1v) is 10.7. The maximum atomic E-state index is 12.8. The van der Waals surface area contributed by atoms with Crippen molar-refractivity contribution in [3.8, 4) is 0 Å². The number of carbonyl (C=O) groups excluding carboxylic acids is 3. The van der Waals surface area contributed by atoms with E-state index in [1.165, 1.54) is 18.2 Å². The molecule has 0 aliphatic heterocycles. The van der Waals surface area contributed by atoms with Crippen molar-refractivity contribution in [3.05, 3.63) is 29.3 Å². The Morgan fingerprint density at radius 1 is 0.774 bits per heavy atom. The molecule has 0 aromatic heterocycles. The fourth-order valence-corrected chi connectivity index (χ4v) is 2.70. The van der Waals surface area contributed by atoms with E-state index in [1.807, 2.05) is 27.7 Å². The van der Waals surface area contributed by atoms with Crippen molar-refractivity contribution < 1.29 is 28.6 Å². The smallest absolute Gasteiger partial charge is 0.412 e. The van der Waals surface area contributed by atoms with Crippen LogP contribution < -0.4 is 5.32 Å². The number of carbonyl (C=O) groups is 3. The molecule has 1 amide bonds. The van der Waals surface area contributed by atoms with Crippen LogP contribution in [0.4, 0.5) is 10.5 Å². The highest BCUT2D eigenvalue weighted by Gasteiger charge is 2.26. The Morgan fingerprint density at radius 3 is 1.68 bits per heavy atom. The van der Waals surface area contributed by atoms with Crippen LogP contribution in [0, 0.1) is 0 Å². The van der Waals surface area contributed by atoms with Gasteiger partial charge in [0.15, 0.2) is 0 Å². The predicted molar refractivity (Wildman–Crippen MR) is 120 cm³/mol. The second kappa shape index (κ2) is 10.2. The number of hydrogen-bond donors (Lipinski definition) is 1. The number of amides is 1. The zero-order chi connectivity index (χ0) is 24.0. The van der Waals surface area contributed by atoms with E-state index in [-0.39, 0.29) is 16.8 Å². The fraction of sp³-hybridized carbons (Fsp3) is 0.625. The lowest BCUT2D eigenvalue weighted by atomic mass is 10.0. The highest BCUT2D eigenvalue weighted by molar-refractivity contribution is 5.98. The Kier molecular flexibility index (Phi) is 8.67. The zero-order valence-corrected chi connectivity index (χ0v) is 20.3. The molecular weight excluding hydrogens is 398 g/mol. The molecule has 0 aliphatic carbocycles. The van der Waals surface area contributed by atoms with Gasteiger partial charge in [0.25, 0.3) is 0 Å². The van der Waals surface area contributed by atoms with E-state index in [4.69, 9.17) is 14.2 Å². The molecule has 1 N–H and O–H groups in total. The molecule has 1 aromatic rings. The molecule has 0 spiro atoms. The van der Waals surface area contributed by atoms with Crippen molar-refractivity contribution in [1.82, 2.24) is 0 Å². The molecule has 0 bridgehead atoms. The van der Waals surface area contributed by atoms with Gasteiger partial charge in [-0.1, -0.05) is 20.3 Å². The fourth-order valence-electron chi connectivity index (χ4n) is 2.70. The van der Waals surface area contributed by atoms with E-state index >= 15 is 0 Å². The van der Waals surface area contributed by atoms with Gasteiger partial charge < -0.3 is 14.2 Å². The van der Waals surface area contributed by atoms with Crippen LogP contribution in [-0.2, 0) is 14.2 Å². The van der Waals surface area contributed by atoms with Crippen LogP contribution in [0.15, 0.2) is 18.2 Å². The lowest BCUT2D eigenvalue weighted by Crippen LogP contribution is -2.29. The minimum absolute atomic E-state index is 0.135. The molecule has 1 aromatic carbocycles. The second-order valence-electron chi connectivity index (χ2n) is 9.83.